The Morgan fingerprint density at radius 2 is 2.07 bits per heavy atom. The second-order valence-corrected chi connectivity index (χ2v) is 3.05. The largest absolute Gasteiger partial charge is 0.507 e. The summed E-state index contributed by atoms with van der Waals surface area (Å²) in [5, 5.41) is 9.75. The zero-order valence-corrected chi connectivity index (χ0v) is 9.05. The lowest BCUT2D eigenvalue weighted by Gasteiger charge is -2.13. The molecule has 14 heavy (non-hydrogen) atoms. The van der Waals surface area contributed by atoms with Crippen molar-refractivity contribution in [2.75, 3.05) is 6.54 Å². The van der Waals surface area contributed by atoms with Gasteiger partial charge in [-0.25, -0.2) is 0 Å². The van der Waals surface area contributed by atoms with Crippen molar-refractivity contribution in [1.29, 1.82) is 0 Å². The lowest BCUT2D eigenvalue weighted by molar-refractivity contribution is 0.455. The van der Waals surface area contributed by atoms with Crippen LogP contribution >= 0.6 is 12.4 Å². The lowest BCUT2D eigenvalue weighted by atomic mass is 10.0. The molecule has 0 aliphatic rings. The van der Waals surface area contributed by atoms with Crippen LogP contribution in [0.1, 0.15) is 24.1 Å². The molecule has 1 rings (SSSR count). The predicted molar refractivity (Wildman–Crippen MR) is 60.7 cm³/mol. The molecule has 3 nitrogen and oxygen atoms in total. The fourth-order valence-corrected chi connectivity index (χ4v) is 1.32. The van der Waals surface area contributed by atoms with E-state index in [4.69, 9.17) is 11.5 Å². The molecule has 0 radical (unpaired) electrons. The molecular formula is C10H17ClN2O. The SMILES string of the molecule is CCc1cccc([C@H](N)CN)c1O.Cl. The molecule has 1 atom stereocenters. The maximum atomic E-state index is 9.75. The summed E-state index contributed by atoms with van der Waals surface area (Å²) in [5.41, 5.74) is 12.8. The molecule has 0 aliphatic carbocycles. The molecule has 0 heterocycles. The third-order valence-corrected chi connectivity index (χ3v) is 2.19. The lowest BCUT2D eigenvalue weighted by Crippen LogP contribution is -2.20. The topological polar surface area (TPSA) is 72.3 Å². The summed E-state index contributed by atoms with van der Waals surface area (Å²) < 4.78 is 0. The number of aromatic hydroxyl groups is 1. The summed E-state index contributed by atoms with van der Waals surface area (Å²) in [6.07, 6.45) is 0.803. The molecule has 0 saturated carbocycles. The summed E-state index contributed by atoms with van der Waals surface area (Å²) in [6, 6.07) is 5.32. The van der Waals surface area contributed by atoms with Crippen LogP contribution in [0.3, 0.4) is 0 Å². The average molecular weight is 217 g/mol. The van der Waals surface area contributed by atoms with E-state index in [1.54, 1.807) is 0 Å². The number of rotatable bonds is 3. The molecule has 4 heteroatoms. The number of benzene rings is 1. The zero-order valence-electron chi connectivity index (χ0n) is 8.23. The van der Waals surface area contributed by atoms with Gasteiger partial charge >= 0.3 is 0 Å². The van der Waals surface area contributed by atoms with E-state index in [1.165, 1.54) is 0 Å². The molecule has 0 spiro atoms. The number of aryl methyl sites for hydroxylation is 1. The first-order valence-corrected chi connectivity index (χ1v) is 4.47. The number of para-hydroxylation sites is 1. The van der Waals surface area contributed by atoms with Crippen LogP contribution in [0.4, 0.5) is 0 Å². The van der Waals surface area contributed by atoms with E-state index in [-0.39, 0.29) is 18.4 Å². The van der Waals surface area contributed by atoms with Gasteiger partial charge in [0.1, 0.15) is 5.75 Å². The fraction of sp³-hybridized carbons (Fsp3) is 0.400. The van der Waals surface area contributed by atoms with E-state index in [0.29, 0.717) is 12.3 Å². The Bertz CT molecular complexity index is 291. The molecule has 1 aromatic carbocycles. The summed E-state index contributed by atoms with van der Waals surface area (Å²) in [5.74, 6) is 0.294. The second-order valence-electron chi connectivity index (χ2n) is 3.05. The highest BCUT2D eigenvalue weighted by atomic mass is 35.5. The Kier molecular flexibility index (Phi) is 5.53. The number of halogens is 1. The molecule has 0 saturated heterocycles. The first kappa shape index (κ1) is 13.2. The maximum Gasteiger partial charge on any atom is 0.123 e. The van der Waals surface area contributed by atoms with Crippen LogP contribution in [0.2, 0.25) is 0 Å². The number of hydrogen-bond acceptors (Lipinski definition) is 3. The maximum absolute atomic E-state index is 9.75. The Hall–Kier alpha value is -0.770. The monoisotopic (exact) mass is 216 g/mol. The average Bonchev–Trinajstić information content (AvgIpc) is 2.17. The van der Waals surface area contributed by atoms with Gasteiger partial charge in [0.15, 0.2) is 0 Å². The van der Waals surface area contributed by atoms with Crippen LogP contribution in [0, 0.1) is 0 Å². The van der Waals surface area contributed by atoms with E-state index in [1.807, 2.05) is 25.1 Å². The Labute approximate surface area is 90.5 Å². The van der Waals surface area contributed by atoms with Gasteiger partial charge in [-0.3, -0.25) is 0 Å². The van der Waals surface area contributed by atoms with Crippen LogP contribution in [0.25, 0.3) is 0 Å². The molecule has 0 fully saturated rings. The highest BCUT2D eigenvalue weighted by molar-refractivity contribution is 5.85. The quantitative estimate of drug-likeness (QED) is 0.714. The molecule has 5 N–H and O–H groups in total. The van der Waals surface area contributed by atoms with Gasteiger partial charge in [-0.2, -0.15) is 0 Å². The summed E-state index contributed by atoms with van der Waals surface area (Å²) in [4.78, 5) is 0. The van der Waals surface area contributed by atoms with Crippen molar-refractivity contribution < 1.29 is 5.11 Å². The van der Waals surface area contributed by atoms with Gasteiger partial charge in [0.2, 0.25) is 0 Å². The summed E-state index contributed by atoms with van der Waals surface area (Å²) in [6.45, 7) is 2.34. The molecule has 0 aliphatic heterocycles. The van der Waals surface area contributed by atoms with Crippen LogP contribution in [0.5, 0.6) is 5.75 Å². The molecule has 0 bridgehead atoms. The van der Waals surface area contributed by atoms with Gasteiger partial charge in [0, 0.05) is 18.2 Å². The van der Waals surface area contributed by atoms with Crippen molar-refractivity contribution in [3.05, 3.63) is 29.3 Å². The normalized spacial score (nSPS) is 11.9. The first-order chi connectivity index (χ1) is 6.20. The number of nitrogens with two attached hydrogens (primary N) is 2. The highest BCUT2D eigenvalue weighted by Gasteiger charge is 2.10. The highest BCUT2D eigenvalue weighted by Crippen LogP contribution is 2.26. The molecule has 1 aromatic rings. The standard InChI is InChI=1S/C10H16N2O.ClH/c1-2-7-4-3-5-8(10(7)13)9(12)6-11;/h3-5,9,13H,2,6,11-12H2,1H3;1H/t9-;/m1./s1. The molecule has 0 amide bonds. The van der Waals surface area contributed by atoms with Gasteiger partial charge in [0.05, 0.1) is 0 Å². The third-order valence-electron chi connectivity index (χ3n) is 2.19. The molecule has 0 aromatic heterocycles. The van der Waals surface area contributed by atoms with Crippen LogP contribution in [-0.2, 0) is 6.42 Å². The predicted octanol–water partition coefficient (Wildman–Crippen LogP) is 1.33. The number of hydrogen-bond donors (Lipinski definition) is 3. The second kappa shape index (κ2) is 5.86. The molecule has 80 valence electrons. The Balaban J connectivity index is 0.00000169. The van der Waals surface area contributed by atoms with E-state index in [9.17, 15) is 5.11 Å². The van der Waals surface area contributed by atoms with Gasteiger partial charge < -0.3 is 16.6 Å². The zero-order chi connectivity index (χ0) is 9.84. The minimum absolute atomic E-state index is 0. The van der Waals surface area contributed by atoms with Crippen LogP contribution in [0.15, 0.2) is 18.2 Å². The summed E-state index contributed by atoms with van der Waals surface area (Å²) in [7, 11) is 0. The molecular weight excluding hydrogens is 200 g/mol. The number of phenolic OH excluding ortho intramolecular Hbond substituents is 1. The van der Waals surface area contributed by atoms with Gasteiger partial charge in [0.25, 0.3) is 0 Å². The van der Waals surface area contributed by atoms with Crippen LogP contribution < -0.4 is 11.5 Å². The van der Waals surface area contributed by atoms with Crippen molar-refractivity contribution in [3.8, 4) is 5.75 Å². The number of phenols is 1. The Morgan fingerprint density at radius 1 is 1.43 bits per heavy atom. The van der Waals surface area contributed by atoms with Gasteiger partial charge in [-0.05, 0) is 12.0 Å². The molecule has 0 unspecified atom stereocenters. The minimum atomic E-state index is -0.272. The third kappa shape index (κ3) is 2.61. The fourth-order valence-electron chi connectivity index (χ4n) is 1.32. The van der Waals surface area contributed by atoms with E-state index < -0.39 is 0 Å². The minimum Gasteiger partial charge on any atom is -0.507 e. The van der Waals surface area contributed by atoms with Crippen molar-refractivity contribution >= 4 is 12.4 Å². The van der Waals surface area contributed by atoms with E-state index in [2.05, 4.69) is 0 Å². The van der Waals surface area contributed by atoms with Crippen LogP contribution in [-0.4, -0.2) is 11.7 Å². The Morgan fingerprint density at radius 3 is 2.57 bits per heavy atom. The van der Waals surface area contributed by atoms with Gasteiger partial charge in [-0.1, -0.05) is 25.1 Å². The van der Waals surface area contributed by atoms with Gasteiger partial charge in [-0.15, -0.1) is 12.4 Å². The van der Waals surface area contributed by atoms with Crippen molar-refractivity contribution in [1.82, 2.24) is 0 Å². The van der Waals surface area contributed by atoms with Crippen molar-refractivity contribution in [2.45, 2.75) is 19.4 Å². The first-order valence-electron chi connectivity index (χ1n) is 4.47. The smallest absolute Gasteiger partial charge is 0.123 e. The van der Waals surface area contributed by atoms with E-state index >= 15 is 0 Å². The summed E-state index contributed by atoms with van der Waals surface area (Å²) >= 11 is 0. The van der Waals surface area contributed by atoms with E-state index in [0.717, 1.165) is 17.5 Å². The van der Waals surface area contributed by atoms with Crippen molar-refractivity contribution in [3.63, 3.8) is 0 Å². The van der Waals surface area contributed by atoms with Crippen molar-refractivity contribution in [2.24, 2.45) is 11.5 Å².